The number of aromatic nitrogens is 2. The van der Waals surface area contributed by atoms with Gasteiger partial charge in [-0.3, -0.25) is 9.97 Å². The summed E-state index contributed by atoms with van der Waals surface area (Å²) in [6.45, 7) is 13.7. The molecule has 1 saturated carbocycles. The Morgan fingerprint density at radius 3 is 1.46 bits per heavy atom. The molecule has 0 spiro atoms. The van der Waals surface area contributed by atoms with Crippen molar-refractivity contribution in [1.82, 2.24) is 29.2 Å². The monoisotopic (exact) mass is 782 g/mol. The first-order valence-electron chi connectivity index (χ1n) is 19.9. The van der Waals surface area contributed by atoms with Crippen molar-refractivity contribution in [1.29, 1.82) is 0 Å². The molecule has 292 valence electrons. The van der Waals surface area contributed by atoms with E-state index in [0.29, 0.717) is 12.1 Å². The second-order valence-electron chi connectivity index (χ2n) is 13.8. The lowest BCUT2D eigenvalue weighted by Gasteiger charge is -2.25. The molecule has 1 fully saturated rings. The fraction of sp³-hybridized carbons (Fsp3) is 0.292. The fourth-order valence-electron chi connectivity index (χ4n) is 5.82. The van der Waals surface area contributed by atoms with Crippen LogP contribution in [-0.4, -0.2) is 30.7 Å². The van der Waals surface area contributed by atoms with E-state index in [1.165, 1.54) is 44.9 Å². The van der Waals surface area contributed by atoms with Crippen LogP contribution in [0.15, 0.2) is 168 Å². The van der Waals surface area contributed by atoms with Gasteiger partial charge >= 0.3 is 0 Å². The Labute approximate surface area is 344 Å². The number of hydrogen-bond acceptors (Lipinski definition) is 8. The van der Waals surface area contributed by atoms with Gasteiger partial charge in [-0.2, -0.15) is 0 Å². The molecule has 0 atom stereocenters. The quantitative estimate of drug-likeness (QED) is 0.0836. The molecular formula is C48H58N6S2. The van der Waals surface area contributed by atoms with Gasteiger partial charge in [0, 0.05) is 73.5 Å². The van der Waals surface area contributed by atoms with Gasteiger partial charge in [-0.25, -0.2) is 8.61 Å². The third-order valence-corrected chi connectivity index (χ3v) is 11.2. The van der Waals surface area contributed by atoms with E-state index >= 15 is 0 Å². The minimum atomic E-state index is 0.459. The molecule has 4 aromatic carbocycles. The van der Waals surface area contributed by atoms with Crippen molar-refractivity contribution in [2.45, 2.75) is 102 Å². The Balaban J connectivity index is 0.000000205. The topological polar surface area (TPSA) is 56.3 Å². The standard InChI is InChI=1S/C23H25N3S.C23H27N3S.C2H6/c1-2-7-19(8-3-1)18-26(22-12-13-22)27-23-11-6-9-20(15-23)16-24-17-21-10-4-5-14-25-21;1-19(2)26(18-20-9-4-3-5-10-20)27-23-13-8-11-21(15-23)16-24-17-22-12-6-7-14-25-22;1-2/h1-11,14-15,22,24H,12-13,16-18H2;3-15,19,24H,16-18H2,1-2H3;1-2H3. The summed E-state index contributed by atoms with van der Waals surface area (Å²) in [5, 5.41) is 6.96. The summed E-state index contributed by atoms with van der Waals surface area (Å²) in [7, 11) is 0. The summed E-state index contributed by atoms with van der Waals surface area (Å²) >= 11 is 3.72. The third-order valence-electron chi connectivity index (χ3n) is 8.86. The largest absolute Gasteiger partial charge is 0.307 e. The highest BCUT2D eigenvalue weighted by Crippen LogP contribution is 2.37. The molecule has 0 amide bonds. The summed E-state index contributed by atoms with van der Waals surface area (Å²) in [5.74, 6) is 0. The SMILES string of the molecule is CC.CC(C)N(Cc1ccccc1)Sc1cccc(CNCc2ccccn2)c1.c1ccc(CN(Sc2cccc(CNCc3ccccn3)c2)C2CC2)cc1. The Bertz CT molecular complexity index is 1790. The number of rotatable bonds is 18. The van der Waals surface area contributed by atoms with Crippen LogP contribution < -0.4 is 10.6 Å². The molecule has 0 unspecified atom stereocenters. The lowest BCUT2D eigenvalue weighted by molar-refractivity contribution is 0.390. The molecule has 2 aromatic heterocycles. The first kappa shape index (κ1) is 42.9. The minimum Gasteiger partial charge on any atom is -0.307 e. The van der Waals surface area contributed by atoms with Crippen molar-refractivity contribution >= 4 is 23.9 Å². The van der Waals surface area contributed by atoms with Gasteiger partial charge in [0.1, 0.15) is 0 Å². The minimum absolute atomic E-state index is 0.459. The van der Waals surface area contributed by atoms with Crippen LogP contribution in [0.1, 0.15) is 74.2 Å². The van der Waals surface area contributed by atoms with Crippen molar-refractivity contribution in [3.8, 4) is 0 Å². The molecule has 2 N–H and O–H groups in total. The number of pyridine rings is 2. The lowest BCUT2D eigenvalue weighted by atomic mass is 10.2. The second kappa shape index (κ2) is 24.4. The Kier molecular flexibility index (Phi) is 18.7. The molecular weight excluding hydrogens is 725 g/mol. The van der Waals surface area contributed by atoms with Gasteiger partial charge in [-0.05, 0) is 121 Å². The summed E-state index contributed by atoms with van der Waals surface area (Å²) in [6.07, 6.45) is 6.30. The van der Waals surface area contributed by atoms with E-state index in [1.54, 1.807) is 0 Å². The molecule has 0 saturated heterocycles. The Hall–Kier alpha value is -4.28. The van der Waals surface area contributed by atoms with Crippen molar-refractivity contribution in [2.24, 2.45) is 0 Å². The number of nitrogens with zero attached hydrogens (tertiary/aromatic N) is 4. The first-order valence-corrected chi connectivity index (χ1v) is 21.5. The van der Waals surface area contributed by atoms with Gasteiger partial charge in [0.15, 0.2) is 0 Å². The van der Waals surface area contributed by atoms with E-state index in [4.69, 9.17) is 0 Å². The average molecular weight is 783 g/mol. The Morgan fingerprint density at radius 1 is 0.536 bits per heavy atom. The van der Waals surface area contributed by atoms with Crippen molar-refractivity contribution in [3.05, 3.63) is 192 Å². The van der Waals surface area contributed by atoms with Crippen molar-refractivity contribution in [3.63, 3.8) is 0 Å². The number of hydrogen-bond donors (Lipinski definition) is 2. The molecule has 56 heavy (non-hydrogen) atoms. The molecule has 0 aliphatic heterocycles. The van der Waals surface area contributed by atoms with Gasteiger partial charge < -0.3 is 10.6 Å². The molecule has 0 bridgehead atoms. The molecule has 7 rings (SSSR count). The van der Waals surface area contributed by atoms with Crippen LogP contribution in [0.25, 0.3) is 0 Å². The van der Waals surface area contributed by atoms with E-state index in [2.05, 4.69) is 158 Å². The Morgan fingerprint density at radius 2 is 1.00 bits per heavy atom. The van der Waals surface area contributed by atoms with Crippen LogP contribution in [-0.2, 0) is 39.3 Å². The molecule has 2 heterocycles. The fourth-order valence-corrected chi connectivity index (χ4v) is 8.04. The highest BCUT2D eigenvalue weighted by Gasteiger charge is 2.30. The summed E-state index contributed by atoms with van der Waals surface area (Å²) in [4.78, 5) is 11.3. The normalized spacial score (nSPS) is 12.2. The highest BCUT2D eigenvalue weighted by atomic mass is 32.2. The van der Waals surface area contributed by atoms with E-state index in [1.807, 2.05) is 80.5 Å². The third kappa shape index (κ3) is 15.7. The van der Waals surface area contributed by atoms with Crippen LogP contribution in [0.4, 0.5) is 0 Å². The molecule has 6 aromatic rings. The van der Waals surface area contributed by atoms with Gasteiger partial charge in [0.2, 0.25) is 0 Å². The van der Waals surface area contributed by atoms with E-state index < -0.39 is 0 Å². The zero-order chi connectivity index (χ0) is 39.2. The van der Waals surface area contributed by atoms with E-state index in [0.717, 1.165) is 50.7 Å². The molecule has 6 nitrogen and oxygen atoms in total. The molecule has 1 aliphatic rings. The molecule has 8 heteroatoms. The number of benzene rings is 4. The highest BCUT2D eigenvalue weighted by molar-refractivity contribution is 7.97. The number of nitrogens with one attached hydrogen (secondary N) is 2. The van der Waals surface area contributed by atoms with Crippen molar-refractivity contribution in [2.75, 3.05) is 0 Å². The van der Waals surface area contributed by atoms with Crippen LogP contribution in [0.2, 0.25) is 0 Å². The maximum atomic E-state index is 4.36. The van der Waals surface area contributed by atoms with Gasteiger partial charge in [-0.1, -0.05) is 111 Å². The van der Waals surface area contributed by atoms with Gasteiger partial charge in [0.05, 0.1) is 11.4 Å². The smallest absolute Gasteiger partial charge is 0.0541 e. The predicted molar refractivity (Wildman–Crippen MR) is 238 cm³/mol. The lowest BCUT2D eigenvalue weighted by Crippen LogP contribution is -2.23. The van der Waals surface area contributed by atoms with Gasteiger partial charge in [0.25, 0.3) is 0 Å². The van der Waals surface area contributed by atoms with Crippen LogP contribution in [0, 0.1) is 0 Å². The van der Waals surface area contributed by atoms with Crippen LogP contribution in [0.3, 0.4) is 0 Å². The van der Waals surface area contributed by atoms with E-state index in [9.17, 15) is 0 Å². The molecule has 1 aliphatic carbocycles. The second-order valence-corrected chi connectivity index (χ2v) is 16.0. The average Bonchev–Trinajstić information content (AvgIpc) is 4.10. The van der Waals surface area contributed by atoms with Crippen molar-refractivity contribution < 1.29 is 0 Å². The van der Waals surface area contributed by atoms with Crippen LogP contribution >= 0.6 is 23.9 Å². The first-order chi connectivity index (χ1) is 27.6. The van der Waals surface area contributed by atoms with E-state index in [-0.39, 0.29) is 0 Å². The maximum Gasteiger partial charge on any atom is 0.0541 e. The predicted octanol–water partition coefficient (Wildman–Crippen LogP) is 11.4. The maximum absolute atomic E-state index is 4.36. The van der Waals surface area contributed by atoms with Crippen LogP contribution in [0.5, 0.6) is 0 Å². The summed E-state index contributed by atoms with van der Waals surface area (Å²) in [5.41, 5.74) is 7.46. The zero-order valence-corrected chi connectivity index (χ0v) is 35.1. The zero-order valence-electron chi connectivity index (χ0n) is 33.4. The summed E-state index contributed by atoms with van der Waals surface area (Å²) < 4.78 is 4.96. The summed E-state index contributed by atoms with van der Waals surface area (Å²) in [6, 6.07) is 52.3. The van der Waals surface area contributed by atoms with Gasteiger partial charge in [-0.15, -0.1) is 0 Å². The molecule has 0 radical (unpaired) electrons.